The summed E-state index contributed by atoms with van der Waals surface area (Å²) in [6.45, 7) is 2.48. The van der Waals surface area contributed by atoms with Crippen LogP contribution >= 0.6 is 0 Å². The zero-order chi connectivity index (χ0) is 11.5. The number of hydrogen-bond donors (Lipinski definition) is 1. The molecule has 0 saturated carbocycles. The number of hydrogen-bond acceptors (Lipinski definition) is 4. The molecule has 2 saturated heterocycles. The molecule has 0 bridgehead atoms. The lowest BCUT2D eigenvalue weighted by Gasteiger charge is -2.24. The fourth-order valence-electron chi connectivity index (χ4n) is 2.54. The first-order chi connectivity index (χ1) is 7.72. The van der Waals surface area contributed by atoms with Gasteiger partial charge in [0.15, 0.2) is 0 Å². The summed E-state index contributed by atoms with van der Waals surface area (Å²) in [5.41, 5.74) is 5.65. The molecule has 2 rings (SSSR count). The molecule has 0 spiro atoms. The molecular formula is C11H19N3O2. The third-order valence-electron chi connectivity index (χ3n) is 3.48. The first-order valence-corrected chi connectivity index (χ1v) is 5.99. The number of carbonyl (C=O) groups is 2. The van der Waals surface area contributed by atoms with Crippen LogP contribution in [0.1, 0.15) is 25.7 Å². The van der Waals surface area contributed by atoms with E-state index < -0.39 is 0 Å². The number of likely N-dealkylation sites (tertiary alicyclic amines) is 2. The van der Waals surface area contributed by atoms with Crippen molar-refractivity contribution in [2.75, 3.05) is 26.2 Å². The second kappa shape index (κ2) is 4.93. The largest absolute Gasteiger partial charge is 0.329 e. The molecule has 2 N–H and O–H groups in total. The van der Waals surface area contributed by atoms with Gasteiger partial charge in [0.25, 0.3) is 0 Å². The van der Waals surface area contributed by atoms with Gasteiger partial charge in [0.1, 0.15) is 0 Å². The highest BCUT2D eigenvalue weighted by Crippen LogP contribution is 2.17. The van der Waals surface area contributed by atoms with Crippen molar-refractivity contribution in [2.45, 2.75) is 31.7 Å². The van der Waals surface area contributed by atoms with Crippen molar-refractivity contribution in [3.63, 3.8) is 0 Å². The monoisotopic (exact) mass is 225 g/mol. The molecule has 16 heavy (non-hydrogen) atoms. The number of imide groups is 1. The molecule has 0 aliphatic carbocycles. The summed E-state index contributed by atoms with van der Waals surface area (Å²) in [5.74, 6) is -0.0728. The van der Waals surface area contributed by atoms with Crippen LogP contribution in [-0.2, 0) is 9.59 Å². The van der Waals surface area contributed by atoms with E-state index >= 15 is 0 Å². The fourth-order valence-corrected chi connectivity index (χ4v) is 2.54. The molecule has 2 aliphatic rings. The SMILES string of the molecule is NCC1CCCN1CC(=O)N1CCCC1=O. The summed E-state index contributed by atoms with van der Waals surface area (Å²) in [6.07, 6.45) is 3.50. The number of carbonyl (C=O) groups excluding carboxylic acids is 2. The second-order valence-corrected chi connectivity index (χ2v) is 4.54. The van der Waals surface area contributed by atoms with Crippen molar-refractivity contribution in [3.05, 3.63) is 0 Å². The van der Waals surface area contributed by atoms with E-state index in [1.54, 1.807) is 0 Å². The molecule has 5 heteroatoms. The molecule has 1 atom stereocenters. The molecule has 2 heterocycles. The third kappa shape index (κ3) is 2.25. The van der Waals surface area contributed by atoms with Gasteiger partial charge in [-0.3, -0.25) is 19.4 Å². The fraction of sp³-hybridized carbons (Fsp3) is 0.818. The van der Waals surface area contributed by atoms with Crippen molar-refractivity contribution < 1.29 is 9.59 Å². The van der Waals surface area contributed by atoms with Gasteiger partial charge < -0.3 is 5.73 Å². The number of nitrogens with two attached hydrogens (primary N) is 1. The van der Waals surface area contributed by atoms with Crippen LogP contribution in [0.5, 0.6) is 0 Å². The predicted molar refractivity (Wildman–Crippen MR) is 59.6 cm³/mol. The van der Waals surface area contributed by atoms with Crippen molar-refractivity contribution >= 4 is 11.8 Å². The topological polar surface area (TPSA) is 66.6 Å². The van der Waals surface area contributed by atoms with Crippen LogP contribution < -0.4 is 5.73 Å². The average molecular weight is 225 g/mol. The Morgan fingerprint density at radius 2 is 2.19 bits per heavy atom. The van der Waals surface area contributed by atoms with Crippen LogP contribution in [0.15, 0.2) is 0 Å². The van der Waals surface area contributed by atoms with Crippen molar-refractivity contribution in [3.8, 4) is 0 Å². The predicted octanol–water partition coefficient (Wildman–Crippen LogP) is -0.441. The van der Waals surface area contributed by atoms with E-state index in [2.05, 4.69) is 4.90 Å². The summed E-state index contributed by atoms with van der Waals surface area (Å²) >= 11 is 0. The average Bonchev–Trinajstić information content (AvgIpc) is 2.86. The zero-order valence-corrected chi connectivity index (χ0v) is 9.52. The third-order valence-corrected chi connectivity index (χ3v) is 3.48. The summed E-state index contributed by atoms with van der Waals surface area (Å²) in [7, 11) is 0. The second-order valence-electron chi connectivity index (χ2n) is 4.54. The normalized spacial score (nSPS) is 26.7. The molecule has 2 aliphatic heterocycles. The lowest BCUT2D eigenvalue weighted by molar-refractivity contribution is -0.142. The zero-order valence-electron chi connectivity index (χ0n) is 9.52. The van der Waals surface area contributed by atoms with Gasteiger partial charge in [-0.1, -0.05) is 0 Å². The van der Waals surface area contributed by atoms with Crippen LogP contribution in [0.2, 0.25) is 0 Å². The Hall–Kier alpha value is -0.940. The molecule has 2 fully saturated rings. The highest BCUT2D eigenvalue weighted by atomic mass is 16.2. The van der Waals surface area contributed by atoms with Crippen LogP contribution in [-0.4, -0.2) is 53.8 Å². The smallest absolute Gasteiger partial charge is 0.243 e. The van der Waals surface area contributed by atoms with Crippen molar-refractivity contribution in [1.29, 1.82) is 0 Å². The summed E-state index contributed by atoms with van der Waals surface area (Å²) in [5, 5.41) is 0. The molecule has 90 valence electrons. The summed E-state index contributed by atoms with van der Waals surface area (Å²) in [6, 6.07) is 0.321. The van der Waals surface area contributed by atoms with E-state index in [0.29, 0.717) is 32.1 Å². The Bertz CT molecular complexity index is 293. The van der Waals surface area contributed by atoms with Crippen LogP contribution in [0, 0.1) is 0 Å². The van der Waals surface area contributed by atoms with Gasteiger partial charge >= 0.3 is 0 Å². The molecule has 0 aromatic rings. The highest BCUT2D eigenvalue weighted by molar-refractivity contribution is 5.97. The van der Waals surface area contributed by atoms with Gasteiger partial charge in [0, 0.05) is 25.6 Å². The first kappa shape index (κ1) is 11.5. The summed E-state index contributed by atoms with van der Waals surface area (Å²) < 4.78 is 0. The number of amides is 2. The molecule has 0 radical (unpaired) electrons. The van der Waals surface area contributed by atoms with Gasteiger partial charge in [0.2, 0.25) is 11.8 Å². The minimum atomic E-state index is -0.0529. The maximum Gasteiger partial charge on any atom is 0.243 e. The minimum absolute atomic E-state index is 0.0199. The maximum atomic E-state index is 11.9. The lowest BCUT2D eigenvalue weighted by atomic mass is 10.2. The Labute approximate surface area is 95.6 Å². The van der Waals surface area contributed by atoms with Gasteiger partial charge in [-0.15, -0.1) is 0 Å². The highest BCUT2D eigenvalue weighted by Gasteiger charge is 2.30. The van der Waals surface area contributed by atoms with E-state index in [9.17, 15) is 9.59 Å². The summed E-state index contributed by atoms with van der Waals surface area (Å²) in [4.78, 5) is 26.8. The van der Waals surface area contributed by atoms with E-state index in [1.165, 1.54) is 4.90 Å². The van der Waals surface area contributed by atoms with E-state index in [1.807, 2.05) is 0 Å². The molecular weight excluding hydrogens is 206 g/mol. The molecule has 2 amide bonds. The first-order valence-electron chi connectivity index (χ1n) is 5.99. The quantitative estimate of drug-likeness (QED) is 0.707. The number of nitrogens with zero attached hydrogens (tertiary/aromatic N) is 2. The van der Waals surface area contributed by atoms with Crippen LogP contribution in [0.4, 0.5) is 0 Å². The van der Waals surface area contributed by atoms with E-state index in [4.69, 9.17) is 5.73 Å². The van der Waals surface area contributed by atoms with Gasteiger partial charge in [-0.25, -0.2) is 0 Å². The van der Waals surface area contributed by atoms with Crippen LogP contribution in [0.25, 0.3) is 0 Å². The molecule has 0 aromatic heterocycles. The maximum absolute atomic E-state index is 11.9. The van der Waals surface area contributed by atoms with E-state index in [-0.39, 0.29) is 11.8 Å². The Morgan fingerprint density at radius 3 is 2.81 bits per heavy atom. The minimum Gasteiger partial charge on any atom is -0.329 e. The lowest BCUT2D eigenvalue weighted by Crippen LogP contribution is -2.44. The van der Waals surface area contributed by atoms with Crippen LogP contribution in [0.3, 0.4) is 0 Å². The molecule has 1 unspecified atom stereocenters. The van der Waals surface area contributed by atoms with E-state index in [0.717, 1.165) is 25.8 Å². The standard InChI is InChI=1S/C11H19N3O2/c12-7-9-3-1-5-13(9)8-11(16)14-6-2-4-10(14)15/h9H,1-8,12H2. The Kier molecular flexibility index (Phi) is 3.56. The molecule has 0 aromatic carbocycles. The van der Waals surface area contributed by atoms with Crippen molar-refractivity contribution in [2.24, 2.45) is 5.73 Å². The van der Waals surface area contributed by atoms with Gasteiger partial charge in [-0.2, -0.15) is 0 Å². The Morgan fingerprint density at radius 1 is 1.38 bits per heavy atom. The number of rotatable bonds is 3. The van der Waals surface area contributed by atoms with Crippen molar-refractivity contribution in [1.82, 2.24) is 9.80 Å². The molecule has 5 nitrogen and oxygen atoms in total. The Balaban J connectivity index is 1.89. The van der Waals surface area contributed by atoms with Gasteiger partial charge in [-0.05, 0) is 25.8 Å². The van der Waals surface area contributed by atoms with Gasteiger partial charge in [0.05, 0.1) is 6.54 Å².